The molecule has 1 fully saturated rings. The molecule has 1 aromatic carbocycles. The van der Waals surface area contributed by atoms with E-state index in [0.717, 1.165) is 25.3 Å². The number of amides is 1. The van der Waals surface area contributed by atoms with Gasteiger partial charge in [-0.25, -0.2) is 0 Å². The van der Waals surface area contributed by atoms with Crippen molar-refractivity contribution in [3.8, 4) is 0 Å². The van der Waals surface area contributed by atoms with Gasteiger partial charge in [0.2, 0.25) is 0 Å². The van der Waals surface area contributed by atoms with Crippen LogP contribution < -0.4 is 0 Å². The van der Waals surface area contributed by atoms with Gasteiger partial charge < -0.3 is 4.90 Å². The maximum absolute atomic E-state index is 12.9. The molecule has 1 aliphatic heterocycles. The van der Waals surface area contributed by atoms with Crippen LogP contribution >= 0.6 is 15.9 Å². The molecule has 6 heteroatoms. The fraction of sp³-hybridized carbons (Fsp3) is 0.500. The van der Waals surface area contributed by atoms with Crippen molar-refractivity contribution < 1.29 is 18.0 Å². The van der Waals surface area contributed by atoms with Crippen LogP contribution in [0.5, 0.6) is 0 Å². The normalized spacial score (nSPS) is 19.4. The summed E-state index contributed by atoms with van der Waals surface area (Å²) in [5.74, 6) is -0.313. The molecule has 0 saturated carbocycles. The number of hydrogen-bond acceptors (Lipinski definition) is 1. The summed E-state index contributed by atoms with van der Waals surface area (Å²) in [7, 11) is 0. The molecule has 20 heavy (non-hydrogen) atoms. The van der Waals surface area contributed by atoms with Crippen molar-refractivity contribution in [2.24, 2.45) is 0 Å². The van der Waals surface area contributed by atoms with Crippen LogP contribution in [0.25, 0.3) is 0 Å². The Bertz CT molecular complexity index is 516. The highest BCUT2D eigenvalue weighted by atomic mass is 79.9. The van der Waals surface area contributed by atoms with Gasteiger partial charge in [0.15, 0.2) is 0 Å². The first-order valence-corrected chi connectivity index (χ1v) is 7.31. The Labute approximate surface area is 124 Å². The second-order valence-corrected chi connectivity index (χ2v) is 5.75. The minimum Gasteiger partial charge on any atom is -0.336 e. The Hall–Kier alpha value is -1.04. The quantitative estimate of drug-likeness (QED) is 0.770. The lowest BCUT2D eigenvalue weighted by Crippen LogP contribution is -2.35. The highest BCUT2D eigenvalue weighted by Gasteiger charge is 2.35. The third kappa shape index (κ3) is 3.00. The zero-order valence-electron chi connectivity index (χ0n) is 11.0. The summed E-state index contributed by atoms with van der Waals surface area (Å²) in [6.07, 6.45) is -1.81. The van der Waals surface area contributed by atoms with E-state index in [1.807, 2.05) is 6.92 Å². The van der Waals surface area contributed by atoms with E-state index in [1.54, 1.807) is 4.90 Å². The second kappa shape index (κ2) is 5.76. The molecule has 2 rings (SSSR count). The molecule has 0 aromatic heterocycles. The molecule has 0 aliphatic carbocycles. The number of carbonyl (C=O) groups is 1. The van der Waals surface area contributed by atoms with E-state index >= 15 is 0 Å². The van der Waals surface area contributed by atoms with Gasteiger partial charge in [-0.1, -0.05) is 22.9 Å². The molecule has 1 aliphatic rings. The maximum Gasteiger partial charge on any atom is 0.417 e. The molecule has 110 valence electrons. The van der Waals surface area contributed by atoms with Crippen LogP contribution in [0, 0.1) is 0 Å². The van der Waals surface area contributed by atoms with Crippen molar-refractivity contribution in [3.05, 3.63) is 33.8 Å². The van der Waals surface area contributed by atoms with Gasteiger partial charge in [-0.05, 0) is 37.5 Å². The van der Waals surface area contributed by atoms with Crippen LogP contribution in [0.2, 0.25) is 0 Å². The van der Waals surface area contributed by atoms with E-state index in [1.165, 1.54) is 12.1 Å². The summed E-state index contributed by atoms with van der Waals surface area (Å²) in [6, 6.07) is 3.79. The van der Waals surface area contributed by atoms with E-state index < -0.39 is 11.7 Å². The van der Waals surface area contributed by atoms with Gasteiger partial charge in [-0.2, -0.15) is 13.2 Å². The molecular weight excluding hydrogens is 335 g/mol. The molecule has 0 radical (unpaired) electrons. The number of carbonyl (C=O) groups excluding carboxylic acids is 1. The van der Waals surface area contributed by atoms with E-state index in [4.69, 9.17) is 0 Å². The van der Waals surface area contributed by atoms with Crippen molar-refractivity contribution in [2.75, 3.05) is 6.54 Å². The van der Waals surface area contributed by atoms with Gasteiger partial charge in [-0.3, -0.25) is 4.79 Å². The summed E-state index contributed by atoms with van der Waals surface area (Å²) >= 11 is 2.88. The first kappa shape index (κ1) is 15.4. The van der Waals surface area contributed by atoms with Gasteiger partial charge in [0.25, 0.3) is 5.91 Å². The number of likely N-dealkylation sites (tertiary alicyclic amines) is 1. The summed E-state index contributed by atoms with van der Waals surface area (Å²) in [6.45, 7) is 2.60. The molecule has 2 nitrogen and oxygen atoms in total. The smallest absolute Gasteiger partial charge is 0.336 e. The van der Waals surface area contributed by atoms with E-state index in [9.17, 15) is 18.0 Å². The number of benzene rings is 1. The van der Waals surface area contributed by atoms with Crippen molar-refractivity contribution >= 4 is 21.8 Å². The predicted molar refractivity (Wildman–Crippen MR) is 73.5 cm³/mol. The van der Waals surface area contributed by atoms with Crippen LogP contribution in [-0.2, 0) is 6.18 Å². The van der Waals surface area contributed by atoms with Crippen LogP contribution in [0.15, 0.2) is 22.7 Å². The summed E-state index contributed by atoms with van der Waals surface area (Å²) in [5, 5.41) is 0. The highest BCUT2D eigenvalue weighted by Crippen LogP contribution is 2.35. The standard InChI is InChI=1S/C14H15BrF3NO/c1-2-10-4-3-7-19(10)13(20)9-5-6-12(15)11(8-9)14(16,17)18/h5-6,8,10H,2-4,7H2,1H3. The molecule has 1 atom stereocenters. The van der Waals surface area contributed by atoms with Gasteiger partial charge in [0.05, 0.1) is 5.56 Å². The monoisotopic (exact) mass is 349 g/mol. The molecule has 1 aromatic rings. The third-order valence-electron chi connectivity index (χ3n) is 3.63. The fourth-order valence-corrected chi connectivity index (χ4v) is 3.04. The molecule has 1 amide bonds. The van der Waals surface area contributed by atoms with Crippen LogP contribution in [-0.4, -0.2) is 23.4 Å². The minimum absolute atomic E-state index is 0.0463. The van der Waals surface area contributed by atoms with Crippen LogP contribution in [0.4, 0.5) is 13.2 Å². The van der Waals surface area contributed by atoms with E-state index in [-0.39, 0.29) is 22.0 Å². The third-order valence-corrected chi connectivity index (χ3v) is 4.32. The molecule has 0 bridgehead atoms. The van der Waals surface area contributed by atoms with Gasteiger partial charge in [0.1, 0.15) is 0 Å². The van der Waals surface area contributed by atoms with Crippen molar-refractivity contribution in [1.29, 1.82) is 0 Å². The molecule has 1 heterocycles. The number of hydrogen-bond donors (Lipinski definition) is 0. The first-order valence-electron chi connectivity index (χ1n) is 6.52. The number of halogens is 4. The van der Waals surface area contributed by atoms with Crippen molar-refractivity contribution in [2.45, 2.75) is 38.4 Å². The molecule has 1 saturated heterocycles. The zero-order valence-corrected chi connectivity index (χ0v) is 12.6. The minimum atomic E-state index is -4.47. The lowest BCUT2D eigenvalue weighted by Gasteiger charge is -2.24. The van der Waals surface area contributed by atoms with Crippen molar-refractivity contribution in [1.82, 2.24) is 4.90 Å². The SMILES string of the molecule is CCC1CCCN1C(=O)c1ccc(Br)c(C(F)(F)F)c1. The van der Waals surface area contributed by atoms with Gasteiger partial charge in [0, 0.05) is 22.6 Å². The Morgan fingerprint density at radius 2 is 2.15 bits per heavy atom. The van der Waals surface area contributed by atoms with E-state index in [0.29, 0.717) is 6.54 Å². The lowest BCUT2D eigenvalue weighted by atomic mass is 10.1. The van der Waals surface area contributed by atoms with Gasteiger partial charge in [-0.15, -0.1) is 0 Å². The Kier molecular flexibility index (Phi) is 4.42. The largest absolute Gasteiger partial charge is 0.417 e. The predicted octanol–water partition coefficient (Wildman–Crippen LogP) is 4.48. The molecule has 0 spiro atoms. The average molecular weight is 350 g/mol. The second-order valence-electron chi connectivity index (χ2n) is 4.90. The topological polar surface area (TPSA) is 20.3 Å². The Morgan fingerprint density at radius 3 is 2.75 bits per heavy atom. The highest BCUT2D eigenvalue weighted by molar-refractivity contribution is 9.10. The molecule has 1 unspecified atom stereocenters. The zero-order chi connectivity index (χ0) is 14.9. The molecule has 0 N–H and O–H groups in total. The Balaban J connectivity index is 2.31. The van der Waals surface area contributed by atoms with Crippen LogP contribution in [0.3, 0.4) is 0 Å². The van der Waals surface area contributed by atoms with Crippen molar-refractivity contribution in [3.63, 3.8) is 0 Å². The van der Waals surface area contributed by atoms with Crippen LogP contribution in [0.1, 0.15) is 42.1 Å². The summed E-state index contributed by atoms with van der Waals surface area (Å²) in [4.78, 5) is 14.0. The first-order chi connectivity index (χ1) is 9.34. The van der Waals surface area contributed by atoms with E-state index in [2.05, 4.69) is 15.9 Å². The lowest BCUT2D eigenvalue weighted by molar-refractivity contribution is -0.138. The molecular formula is C14H15BrF3NO. The number of rotatable bonds is 2. The van der Waals surface area contributed by atoms with Gasteiger partial charge >= 0.3 is 6.18 Å². The average Bonchev–Trinajstić information content (AvgIpc) is 2.85. The fourth-order valence-electron chi connectivity index (χ4n) is 2.57. The Morgan fingerprint density at radius 1 is 1.45 bits per heavy atom. The summed E-state index contributed by atoms with van der Waals surface area (Å²) < 4.78 is 38.5. The number of alkyl halides is 3. The maximum atomic E-state index is 12.9. The number of nitrogens with zero attached hydrogens (tertiary/aromatic N) is 1. The summed E-state index contributed by atoms with van der Waals surface area (Å²) in [5.41, 5.74) is -0.712.